The second-order valence-corrected chi connectivity index (χ2v) is 4.11. The lowest BCUT2D eigenvalue weighted by Crippen LogP contribution is -2.00. The van der Waals surface area contributed by atoms with Crippen LogP contribution in [0, 0.1) is 0 Å². The van der Waals surface area contributed by atoms with Crippen LogP contribution in [0.25, 0.3) is 11.3 Å². The van der Waals surface area contributed by atoms with Crippen LogP contribution < -0.4 is 10.5 Å². The number of methoxy groups -OCH3 is 1. The van der Waals surface area contributed by atoms with Crippen LogP contribution in [0.1, 0.15) is 0 Å². The summed E-state index contributed by atoms with van der Waals surface area (Å²) in [5.74, 6) is 0.644. The molecule has 4 nitrogen and oxygen atoms in total. The lowest BCUT2D eigenvalue weighted by atomic mass is 10.1. The molecule has 0 fully saturated rings. The SMILES string of the molecule is COc1c(N)ncnc1-c1cc(Cl)ccc1Cl. The number of anilines is 1. The molecule has 2 rings (SSSR count). The maximum atomic E-state index is 6.10. The van der Waals surface area contributed by atoms with E-state index < -0.39 is 0 Å². The Kier molecular flexibility index (Phi) is 3.36. The normalized spacial score (nSPS) is 10.3. The Morgan fingerprint density at radius 2 is 2.00 bits per heavy atom. The molecule has 17 heavy (non-hydrogen) atoms. The summed E-state index contributed by atoms with van der Waals surface area (Å²) < 4.78 is 5.17. The van der Waals surface area contributed by atoms with Crippen molar-refractivity contribution >= 4 is 29.0 Å². The van der Waals surface area contributed by atoms with Crippen molar-refractivity contribution in [2.45, 2.75) is 0 Å². The minimum Gasteiger partial charge on any atom is -0.491 e. The Morgan fingerprint density at radius 1 is 1.24 bits per heavy atom. The second-order valence-electron chi connectivity index (χ2n) is 3.26. The molecule has 1 aromatic carbocycles. The summed E-state index contributed by atoms with van der Waals surface area (Å²) in [6, 6.07) is 5.09. The van der Waals surface area contributed by atoms with Gasteiger partial charge in [0.2, 0.25) is 0 Å². The van der Waals surface area contributed by atoms with Crippen molar-refractivity contribution in [2.75, 3.05) is 12.8 Å². The molecule has 0 aliphatic carbocycles. The zero-order chi connectivity index (χ0) is 12.4. The predicted molar refractivity (Wildman–Crippen MR) is 68.5 cm³/mol. The number of nitrogens with two attached hydrogens (primary N) is 1. The van der Waals surface area contributed by atoms with Gasteiger partial charge in [0, 0.05) is 10.6 Å². The molecule has 0 aliphatic heterocycles. The number of nitrogens with zero attached hydrogens (tertiary/aromatic N) is 2. The van der Waals surface area contributed by atoms with E-state index in [9.17, 15) is 0 Å². The quantitative estimate of drug-likeness (QED) is 0.911. The molecule has 0 atom stereocenters. The van der Waals surface area contributed by atoms with Crippen molar-refractivity contribution in [2.24, 2.45) is 0 Å². The summed E-state index contributed by atoms with van der Waals surface area (Å²) in [6.45, 7) is 0. The summed E-state index contributed by atoms with van der Waals surface area (Å²) in [5, 5.41) is 1.08. The number of ether oxygens (including phenoxy) is 1. The average molecular weight is 270 g/mol. The van der Waals surface area contributed by atoms with E-state index in [0.717, 1.165) is 0 Å². The molecule has 0 radical (unpaired) electrons. The van der Waals surface area contributed by atoms with Crippen molar-refractivity contribution in [3.8, 4) is 17.0 Å². The molecule has 0 spiro atoms. The molecule has 0 bridgehead atoms. The minimum absolute atomic E-state index is 0.258. The summed E-state index contributed by atoms with van der Waals surface area (Å²) >= 11 is 12.0. The van der Waals surface area contributed by atoms with E-state index >= 15 is 0 Å². The van der Waals surface area contributed by atoms with Gasteiger partial charge in [0.1, 0.15) is 12.0 Å². The first-order chi connectivity index (χ1) is 8.13. The molecule has 6 heteroatoms. The molecule has 0 amide bonds. The molecule has 0 aliphatic rings. The monoisotopic (exact) mass is 269 g/mol. The van der Waals surface area contributed by atoms with Crippen molar-refractivity contribution in [3.63, 3.8) is 0 Å². The van der Waals surface area contributed by atoms with E-state index in [2.05, 4.69) is 9.97 Å². The van der Waals surface area contributed by atoms with Gasteiger partial charge >= 0.3 is 0 Å². The van der Waals surface area contributed by atoms with Gasteiger partial charge < -0.3 is 10.5 Å². The highest BCUT2D eigenvalue weighted by molar-refractivity contribution is 6.35. The first kappa shape index (κ1) is 12.0. The first-order valence-electron chi connectivity index (χ1n) is 4.73. The van der Waals surface area contributed by atoms with Crippen molar-refractivity contribution in [1.29, 1.82) is 0 Å². The maximum absolute atomic E-state index is 6.10. The Hall–Kier alpha value is -1.52. The molecule has 0 saturated carbocycles. The average Bonchev–Trinajstić information content (AvgIpc) is 2.32. The van der Waals surface area contributed by atoms with Gasteiger partial charge in [-0.1, -0.05) is 23.2 Å². The number of hydrogen-bond acceptors (Lipinski definition) is 4. The van der Waals surface area contributed by atoms with Crippen LogP contribution in [-0.2, 0) is 0 Å². The van der Waals surface area contributed by atoms with Gasteiger partial charge in [-0.3, -0.25) is 0 Å². The molecule has 88 valence electrons. The molecule has 1 heterocycles. The highest BCUT2D eigenvalue weighted by Crippen LogP contribution is 2.36. The summed E-state index contributed by atoms with van der Waals surface area (Å²) in [5.41, 5.74) is 6.88. The van der Waals surface area contributed by atoms with Gasteiger partial charge in [0.25, 0.3) is 0 Å². The van der Waals surface area contributed by atoms with Gasteiger partial charge in [-0.2, -0.15) is 0 Å². The van der Waals surface area contributed by atoms with E-state index in [4.69, 9.17) is 33.7 Å². The number of rotatable bonds is 2. The number of aromatic nitrogens is 2. The van der Waals surface area contributed by atoms with Crippen LogP contribution in [0.15, 0.2) is 24.5 Å². The van der Waals surface area contributed by atoms with E-state index in [1.165, 1.54) is 13.4 Å². The predicted octanol–water partition coefficient (Wildman–Crippen LogP) is 3.04. The van der Waals surface area contributed by atoms with Gasteiger partial charge in [-0.25, -0.2) is 9.97 Å². The molecule has 0 unspecified atom stereocenters. The number of hydrogen-bond donors (Lipinski definition) is 1. The Morgan fingerprint density at radius 3 is 2.71 bits per heavy atom. The van der Waals surface area contributed by atoms with Crippen molar-refractivity contribution in [1.82, 2.24) is 9.97 Å². The third kappa shape index (κ3) is 2.28. The molecule has 1 aromatic heterocycles. The van der Waals surface area contributed by atoms with Crippen LogP contribution in [0.2, 0.25) is 10.0 Å². The topological polar surface area (TPSA) is 61.0 Å². The Bertz CT molecular complexity index is 560. The fourth-order valence-electron chi connectivity index (χ4n) is 1.46. The van der Waals surface area contributed by atoms with E-state index in [-0.39, 0.29) is 5.82 Å². The second kappa shape index (κ2) is 4.77. The zero-order valence-corrected chi connectivity index (χ0v) is 10.5. The molecule has 2 N–H and O–H groups in total. The lowest BCUT2D eigenvalue weighted by molar-refractivity contribution is 0.415. The largest absolute Gasteiger partial charge is 0.491 e. The van der Waals surface area contributed by atoms with Crippen molar-refractivity contribution in [3.05, 3.63) is 34.6 Å². The first-order valence-corrected chi connectivity index (χ1v) is 5.49. The van der Waals surface area contributed by atoms with Gasteiger partial charge in [-0.05, 0) is 18.2 Å². The van der Waals surface area contributed by atoms with Crippen LogP contribution in [-0.4, -0.2) is 17.1 Å². The highest BCUT2D eigenvalue weighted by atomic mass is 35.5. The minimum atomic E-state index is 0.258. The summed E-state index contributed by atoms with van der Waals surface area (Å²) in [6.07, 6.45) is 1.35. The fourth-order valence-corrected chi connectivity index (χ4v) is 1.84. The van der Waals surface area contributed by atoms with Gasteiger partial charge in [-0.15, -0.1) is 0 Å². The smallest absolute Gasteiger partial charge is 0.187 e. The zero-order valence-electron chi connectivity index (χ0n) is 8.95. The standard InChI is InChI=1S/C11H9Cl2N3O/c1-17-10-9(15-5-16-11(10)14)7-4-6(12)2-3-8(7)13/h2-5H,1H3,(H2,14,15,16). The molecular weight excluding hydrogens is 261 g/mol. The summed E-state index contributed by atoms with van der Waals surface area (Å²) in [7, 11) is 1.50. The van der Waals surface area contributed by atoms with Crippen LogP contribution >= 0.6 is 23.2 Å². The van der Waals surface area contributed by atoms with E-state index in [1.807, 2.05) is 0 Å². The van der Waals surface area contributed by atoms with Gasteiger partial charge in [0.15, 0.2) is 11.6 Å². The number of halogens is 2. The highest BCUT2D eigenvalue weighted by Gasteiger charge is 2.14. The third-order valence-corrected chi connectivity index (χ3v) is 2.78. The van der Waals surface area contributed by atoms with Crippen molar-refractivity contribution < 1.29 is 4.74 Å². The molecule has 2 aromatic rings. The lowest BCUT2D eigenvalue weighted by Gasteiger charge is -2.10. The molecule has 0 saturated heterocycles. The van der Waals surface area contributed by atoms with Gasteiger partial charge in [0.05, 0.1) is 12.1 Å². The van der Waals surface area contributed by atoms with Crippen LogP contribution in [0.4, 0.5) is 5.82 Å². The summed E-state index contributed by atoms with van der Waals surface area (Å²) in [4.78, 5) is 7.98. The van der Waals surface area contributed by atoms with E-state index in [0.29, 0.717) is 27.1 Å². The Balaban J connectivity index is 2.68. The molecular formula is C11H9Cl2N3O. The maximum Gasteiger partial charge on any atom is 0.187 e. The van der Waals surface area contributed by atoms with E-state index in [1.54, 1.807) is 18.2 Å². The third-order valence-electron chi connectivity index (χ3n) is 2.22. The Labute approximate surface area is 108 Å². The number of benzene rings is 1. The number of nitrogen functional groups attached to an aromatic ring is 1. The van der Waals surface area contributed by atoms with Crippen LogP contribution in [0.3, 0.4) is 0 Å². The van der Waals surface area contributed by atoms with Crippen LogP contribution in [0.5, 0.6) is 5.75 Å². The fraction of sp³-hybridized carbons (Fsp3) is 0.0909.